The molecule has 0 aliphatic rings. The van der Waals surface area contributed by atoms with E-state index in [1.54, 1.807) is 6.92 Å². The first-order chi connectivity index (χ1) is 11.0. The Morgan fingerprint density at radius 1 is 1.30 bits per heavy atom. The van der Waals surface area contributed by atoms with Crippen LogP contribution in [0.25, 0.3) is 0 Å². The molecule has 5 nitrogen and oxygen atoms in total. The number of carbonyl (C=O) groups is 2. The van der Waals surface area contributed by atoms with Crippen LogP contribution in [0.3, 0.4) is 0 Å². The van der Waals surface area contributed by atoms with Crippen LogP contribution in [0.2, 0.25) is 0 Å². The molecule has 1 aromatic carbocycles. The predicted molar refractivity (Wildman–Crippen MR) is 88.6 cm³/mol. The lowest BCUT2D eigenvalue weighted by molar-refractivity contribution is -0.120. The molecule has 0 aliphatic heterocycles. The largest absolute Gasteiger partial charge is 0.478 e. The zero-order chi connectivity index (χ0) is 16.8. The molecule has 2 aromatic rings. The SMILES string of the molecule is CCC(Sc1ccccc1)C(=O)NCc1cc(C(=O)O)c(C)o1. The molecule has 0 saturated carbocycles. The fourth-order valence-corrected chi connectivity index (χ4v) is 3.12. The molecular weight excluding hydrogens is 314 g/mol. The van der Waals surface area contributed by atoms with E-state index in [1.165, 1.54) is 17.8 Å². The standard InChI is InChI=1S/C17H19NO4S/c1-3-15(23-13-7-5-4-6-8-13)16(19)18-10-12-9-14(17(20)21)11(2)22-12/h4-9,15H,3,10H2,1-2H3,(H,18,19)(H,20,21). The summed E-state index contributed by atoms with van der Waals surface area (Å²) in [7, 11) is 0. The van der Waals surface area contributed by atoms with Crippen molar-refractivity contribution < 1.29 is 19.1 Å². The van der Waals surface area contributed by atoms with E-state index >= 15 is 0 Å². The maximum atomic E-state index is 12.3. The smallest absolute Gasteiger partial charge is 0.339 e. The normalized spacial score (nSPS) is 11.9. The molecule has 2 rings (SSSR count). The van der Waals surface area contributed by atoms with Gasteiger partial charge in [0.15, 0.2) is 0 Å². The second kappa shape index (κ2) is 7.87. The van der Waals surface area contributed by atoms with Gasteiger partial charge in [0.25, 0.3) is 0 Å². The van der Waals surface area contributed by atoms with Gasteiger partial charge in [-0.1, -0.05) is 25.1 Å². The average molecular weight is 333 g/mol. The van der Waals surface area contributed by atoms with Crippen LogP contribution >= 0.6 is 11.8 Å². The molecule has 0 spiro atoms. The number of aromatic carboxylic acids is 1. The van der Waals surface area contributed by atoms with Crippen LogP contribution in [0.1, 0.15) is 35.2 Å². The Labute approximate surface area is 139 Å². The number of hydrogen-bond acceptors (Lipinski definition) is 4. The van der Waals surface area contributed by atoms with Gasteiger partial charge in [0.1, 0.15) is 17.1 Å². The van der Waals surface area contributed by atoms with Crippen LogP contribution in [-0.2, 0) is 11.3 Å². The van der Waals surface area contributed by atoms with Crippen LogP contribution < -0.4 is 5.32 Å². The third-order valence-corrected chi connectivity index (χ3v) is 4.70. The summed E-state index contributed by atoms with van der Waals surface area (Å²) in [6.07, 6.45) is 0.697. The van der Waals surface area contributed by atoms with Crippen molar-refractivity contribution in [3.63, 3.8) is 0 Å². The molecule has 1 unspecified atom stereocenters. The van der Waals surface area contributed by atoms with Gasteiger partial charge < -0.3 is 14.8 Å². The van der Waals surface area contributed by atoms with E-state index in [0.717, 1.165) is 4.90 Å². The Morgan fingerprint density at radius 2 is 2.00 bits per heavy atom. The number of hydrogen-bond donors (Lipinski definition) is 2. The highest BCUT2D eigenvalue weighted by atomic mass is 32.2. The van der Waals surface area contributed by atoms with E-state index in [2.05, 4.69) is 5.32 Å². The van der Waals surface area contributed by atoms with Crippen LogP contribution in [0.15, 0.2) is 45.7 Å². The fraction of sp³-hybridized carbons (Fsp3) is 0.294. The van der Waals surface area contributed by atoms with Gasteiger partial charge in [-0.15, -0.1) is 11.8 Å². The molecule has 1 atom stereocenters. The zero-order valence-electron chi connectivity index (χ0n) is 13.0. The van der Waals surface area contributed by atoms with E-state index in [1.807, 2.05) is 37.3 Å². The quantitative estimate of drug-likeness (QED) is 0.758. The van der Waals surface area contributed by atoms with Crippen LogP contribution in [0.5, 0.6) is 0 Å². The Morgan fingerprint density at radius 3 is 2.57 bits per heavy atom. The van der Waals surface area contributed by atoms with Crippen molar-refractivity contribution >= 4 is 23.6 Å². The Hall–Kier alpha value is -2.21. The second-order valence-electron chi connectivity index (χ2n) is 5.03. The third kappa shape index (κ3) is 4.63. The molecule has 0 radical (unpaired) electrons. The molecule has 2 N–H and O–H groups in total. The molecule has 1 amide bonds. The highest BCUT2D eigenvalue weighted by Crippen LogP contribution is 2.25. The molecule has 122 valence electrons. The maximum Gasteiger partial charge on any atom is 0.339 e. The van der Waals surface area contributed by atoms with Gasteiger partial charge >= 0.3 is 5.97 Å². The van der Waals surface area contributed by atoms with Crippen molar-refractivity contribution in [2.24, 2.45) is 0 Å². The summed E-state index contributed by atoms with van der Waals surface area (Å²) in [6.45, 7) is 3.73. The maximum absolute atomic E-state index is 12.3. The minimum absolute atomic E-state index is 0.0905. The molecule has 1 heterocycles. The first-order valence-electron chi connectivity index (χ1n) is 7.33. The van der Waals surface area contributed by atoms with Gasteiger partial charge in [-0.25, -0.2) is 4.79 Å². The summed E-state index contributed by atoms with van der Waals surface area (Å²) in [4.78, 5) is 24.3. The minimum Gasteiger partial charge on any atom is -0.478 e. The van der Waals surface area contributed by atoms with Crippen molar-refractivity contribution in [1.29, 1.82) is 0 Å². The molecule has 1 aromatic heterocycles. The monoisotopic (exact) mass is 333 g/mol. The molecule has 0 bridgehead atoms. The van der Waals surface area contributed by atoms with Crippen molar-refractivity contribution in [1.82, 2.24) is 5.32 Å². The number of amides is 1. The number of thioether (sulfide) groups is 1. The molecule has 6 heteroatoms. The number of nitrogens with one attached hydrogen (secondary N) is 1. The summed E-state index contributed by atoms with van der Waals surface area (Å²) in [6, 6.07) is 11.2. The lowest BCUT2D eigenvalue weighted by Crippen LogP contribution is -2.31. The zero-order valence-corrected chi connectivity index (χ0v) is 13.9. The topological polar surface area (TPSA) is 79.5 Å². The predicted octanol–water partition coefficient (Wildman–Crippen LogP) is 3.47. The Kier molecular flexibility index (Phi) is 5.87. The summed E-state index contributed by atoms with van der Waals surface area (Å²) >= 11 is 1.51. The van der Waals surface area contributed by atoms with Gasteiger partial charge in [0.05, 0.1) is 11.8 Å². The third-order valence-electron chi connectivity index (χ3n) is 3.32. The van der Waals surface area contributed by atoms with Crippen LogP contribution in [-0.4, -0.2) is 22.2 Å². The van der Waals surface area contributed by atoms with Crippen molar-refractivity contribution in [3.05, 3.63) is 53.5 Å². The van der Waals surface area contributed by atoms with E-state index in [0.29, 0.717) is 17.9 Å². The fourth-order valence-electron chi connectivity index (χ4n) is 2.12. The Balaban J connectivity index is 1.94. The number of rotatable bonds is 7. The second-order valence-corrected chi connectivity index (χ2v) is 6.31. The summed E-state index contributed by atoms with van der Waals surface area (Å²) in [5.41, 5.74) is 0.125. The summed E-state index contributed by atoms with van der Waals surface area (Å²) in [5.74, 6) is -0.345. The van der Waals surface area contributed by atoms with Gasteiger partial charge in [-0.2, -0.15) is 0 Å². The highest BCUT2D eigenvalue weighted by molar-refractivity contribution is 8.00. The number of carboxylic acid groups (broad SMARTS) is 1. The van der Waals surface area contributed by atoms with Gasteiger partial charge in [0, 0.05) is 4.90 Å². The van der Waals surface area contributed by atoms with E-state index < -0.39 is 5.97 Å². The summed E-state index contributed by atoms with van der Waals surface area (Å²) < 4.78 is 5.36. The van der Waals surface area contributed by atoms with E-state index in [9.17, 15) is 9.59 Å². The number of furan rings is 1. The molecule has 23 heavy (non-hydrogen) atoms. The molecule has 0 saturated heterocycles. The molecule has 0 aliphatic carbocycles. The van der Waals surface area contributed by atoms with Gasteiger partial charge in [-0.3, -0.25) is 4.79 Å². The first kappa shape index (κ1) is 17.1. The summed E-state index contributed by atoms with van der Waals surface area (Å²) in [5, 5.41) is 11.6. The van der Waals surface area contributed by atoms with Crippen molar-refractivity contribution in [2.75, 3.05) is 0 Å². The van der Waals surface area contributed by atoms with Gasteiger partial charge in [-0.05, 0) is 31.5 Å². The number of benzene rings is 1. The number of carbonyl (C=O) groups excluding carboxylic acids is 1. The van der Waals surface area contributed by atoms with E-state index in [-0.39, 0.29) is 23.3 Å². The van der Waals surface area contributed by atoms with E-state index in [4.69, 9.17) is 9.52 Å². The minimum atomic E-state index is -1.03. The molecular formula is C17H19NO4S. The highest BCUT2D eigenvalue weighted by Gasteiger charge is 2.19. The van der Waals surface area contributed by atoms with Crippen LogP contribution in [0, 0.1) is 6.92 Å². The number of carboxylic acids is 1. The Bertz CT molecular complexity index is 681. The van der Waals surface area contributed by atoms with Crippen molar-refractivity contribution in [3.8, 4) is 0 Å². The number of aryl methyl sites for hydroxylation is 1. The van der Waals surface area contributed by atoms with Gasteiger partial charge in [0.2, 0.25) is 5.91 Å². The first-order valence-corrected chi connectivity index (χ1v) is 8.21. The molecule has 0 fully saturated rings. The lowest BCUT2D eigenvalue weighted by atomic mass is 10.2. The van der Waals surface area contributed by atoms with Crippen LogP contribution in [0.4, 0.5) is 0 Å². The lowest BCUT2D eigenvalue weighted by Gasteiger charge is -2.14. The average Bonchev–Trinajstić information content (AvgIpc) is 2.92. The van der Waals surface area contributed by atoms with Crippen molar-refractivity contribution in [2.45, 2.75) is 37.0 Å².